The molecule has 14 heavy (non-hydrogen) atoms. The third kappa shape index (κ3) is 2.11. The van der Waals surface area contributed by atoms with E-state index in [0.717, 1.165) is 13.1 Å². The molecule has 76 valence electrons. The van der Waals surface area contributed by atoms with Gasteiger partial charge in [0.05, 0.1) is 0 Å². The summed E-state index contributed by atoms with van der Waals surface area (Å²) in [6, 6.07) is 4.69. The van der Waals surface area contributed by atoms with E-state index in [9.17, 15) is 0 Å². The van der Waals surface area contributed by atoms with Gasteiger partial charge in [0, 0.05) is 31.5 Å². The molecule has 1 aliphatic heterocycles. The van der Waals surface area contributed by atoms with E-state index in [1.165, 1.54) is 24.9 Å². The molecule has 1 atom stereocenters. The Bertz CT molecular complexity index is 273. The molecule has 2 N–H and O–H groups in total. The van der Waals surface area contributed by atoms with E-state index < -0.39 is 0 Å². The van der Waals surface area contributed by atoms with Crippen molar-refractivity contribution in [2.45, 2.75) is 25.4 Å². The van der Waals surface area contributed by atoms with Crippen LogP contribution in [0.2, 0.25) is 0 Å². The molecule has 0 amide bonds. The van der Waals surface area contributed by atoms with Crippen LogP contribution in [0.1, 0.15) is 18.4 Å². The average Bonchev–Trinajstić information content (AvgIpc) is 2.67. The molecule has 0 aliphatic carbocycles. The Balaban J connectivity index is 1.97. The summed E-state index contributed by atoms with van der Waals surface area (Å²) in [5, 5.41) is 0. The highest BCUT2D eigenvalue weighted by atomic mass is 15.2. The third-order valence-electron chi connectivity index (χ3n) is 2.88. The molecule has 0 radical (unpaired) electrons. The van der Waals surface area contributed by atoms with Gasteiger partial charge < -0.3 is 5.73 Å². The molecular weight excluding hydrogens is 174 g/mol. The topological polar surface area (TPSA) is 42.1 Å². The Hall–Kier alpha value is -0.930. The molecule has 1 saturated heterocycles. The van der Waals surface area contributed by atoms with E-state index >= 15 is 0 Å². The summed E-state index contributed by atoms with van der Waals surface area (Å²) >= 11 is 0. The summed E-state index contributed by atoms with van der Waals surface area (Å²) in [5.41, 5.74) is 7.01. The zero-order valence-corrected chi connectivity index (χ0v) is 8.39. The molecule has 1 fully saturated rings. The summed E-state index contributed by atoms with van der Waals surface area (Å²) in [7, 11) is 0. The number of nitrogens with zero attached hydrogens (tertiary/aromatic N) is 2. The van der Waals surface area contributed by atoms with Crippen LogP contribution in [0, 0.1) is 0 Å². The molecule has 3 nitrogen and oxygen atoms in total. The first-order valence-corrected chi connectivity index (χ1v) is 5.23. The second-order valence-corrected chi connectivity index (χ2v) is 3.86. The Morgan fingerprint density at radius 1 is 1.57 bits per heavy atom. The molecule has 0 unspecified atom stereocenters. The van der Waals surface area contributed by atoms with Gasteiger partial charge in [0.1, 0.15) is 0 Å². The predicted octanol–water partition coefficient (Wildman–Crippen LogP) is 1.00. The highest BCUT2D eigenvalue weighted by molar-refractivity contribution is 5.08. The molecule has 1 aliphatic rings. The molecule has 0 saturated carbocycles. The largest absolute Gasteiger partial charge is 0.329 e. The fourth-order valence-electron chi connectivity index (χ4n) is 2.10. The van der Waals surface area contributed by atoms with Crippen molar-refractivity contribution in [3.05, 3.63) is 30.1 Å². The van der Waals surface area contributed by atoms with E-state index in [1.807, 2.05) is 18.5 Å². The summed E-state index contributed by atoms with van der Waals surface area (Å²) in [4.78, 5) is 6.58. The molecule has 2 rings (SSSR count). The quantitative estimate of drug-likeness (QED) is 0.775. The van der Waals surface area contributed by atoms with Crippen LogP contribution in [0.15, 0.2) is 24.5 Å². The highest BCUT2D eigenvalue weighted by Crippen LogP contribution is 2.18. The zero-order valence-electron chi connectivity index (χ0n) is 8.39. The van der Waals surface area contributed by atoms with Gasteiger partial charge in [-0.3, -0.25) is 9.88 Å². The number of likely N-dealkylation sites (tertiary alicyclic amines) is 1. The SMILES string of the molecule is NC[C@H]1CCCN1Cc1cccnc1. The van der Waals surface area contributed by atoms with Crippen LogP contribution in [0.25, 0.3) is 0 Å². The van der Waals surface area contributed by atoms with Crippen LogP contribution in [0.5, 0.6) is 0 Å². The van der Waals surface area contributed by atoms with Crippen molar-refractivity contribution in [2.24, 2.45) is 5.73 Å². The molecule has 1 aromatic heterocycles. The first kappa shape index (κ1) is 9.62. The van der Waals surface area contributed by atoms with E-state index in [-0.39, 0.29) is 0 Å². The van der Waals surface area contributed by atoms with Gasteiger partial charge >= 0.3 is 0 Å². The van der Waals surface area contributed by atoms with Gasteiger partial charge in [-0.1, -0.05) is 6.07 Å². The van der Waals surface area contributed by atoms with Crippen LogP contribution >= 0.6 is 0 Å². The van der Waals surface area contributed by atoms with Gasteiger partial charge in [-0.05, 0) is 31.0 Å². The number of hydrogen-bond donors (Lipinski definition) is 1. The number of rotatable bonds is 3. The Kier molecular flexibility index (Phi) is 3.11. The third-order valence-corrected chi connectivity index (χ3v) is 2.88. The van der Waals surface area contributed by atoms with Gasteiger partial charge in [0.15, 0.2) is 0 Å². The molecular formula is C11H17N3. The molecule has 0 spiro atoms. The average molecular weight is 191 g/mol. The highest BCUT2D eigenvalue weighted by Gasteiger charge is 2.22. The minimum absolute atomic E-state index is 0.579. The van der Waals surface area contributed by atoms with Crippen molar-refractivity contribution >= 4 is 0 Å². The van der Waals surface area contributed by atoms with Gasteiger partial charge in [0.2, 0.25) is 0 Å². The predicted molar refractivity (Wildman–Crippen MR) is 56.7 cm³/mol. The van der Waals surface area contributed by atoms with Crippen molar-refractivity contribution in [1.29, 1.82) is 0 Å². The lowest BCUT2D eigenvalue weighted by Crippen LogP contribution is -2.34. The van der Waals surface area contributed by atoms with Crippen LogP contribution in [-0.4, -0.2) is 29.0 Å². The van der Waals surface area contributed by atoms with E-state index in [1.54, 1.807) is 0 Å². The molecule has 1 aromatic rings. The van der Waals surface area contributed by atoms with Crippen molar-refractivity contribution in [1.82, 2.24) is 9.88 Å². The monoisotopic (exact) mass is 191 g/mol. The van der Waals surface area contributed by atoms with Crippen molar-refractivity contribution in [3.63, 3.8) is 0 Å². The number of aromatic nitrogens is 1. The first-order valence-electron chi connectivity index (χ1n) is 5.23. The second-order valence-electron chi connectivity index (χ2n) is 3.86. The minimum atomic E-state index is 0.579. The Labute approximate surface area is 84.9 Å². The van der Waals surface area contributed by atoms with Gasteiger partial charge in [-0.25, -0.2) is 0 Å². The maximum absolute atomic E-state index is 5.72. The fraction of sp³-hybridized carbons (Fsp3) is 0.545. The standard InChI is InChI=1S/C11H17N3/c12-7-11-4-2-6-14(11)9-10-3-1-5-13-8-10/h1,3,5,8,11H,2,4,6-7,9,12H2/t11-/m1/s1. The Morgan fingerprint density at radius 2 is 2.50 bits per heavy atom. The van der Waals surface area contributed by atoms with Crippen molar-refractivity contribution in [2.75, 3.05) is 13.1 Å². The van der Waals surface area contributed by atoms with E-state index in [4.69, 9.17) is 5.73 Å². The van der Waals surface area contributed by atoms with Crippen molar-refractivity contribution < 1.29 is 0 Å². The van der Waals surface area contributed by atoms with Crippen molar-refractivity contribution in [3.8, 4) is 0 Å². The summed E-state index contributed by atoms with van der Waals surface area (Å²) in [6.07, 6.45) is 6.28. The molecule has 3 heteroatoms. The molecule has 0 aromatic carbocycles. The first-order chi connectivity index (χ1) is 6.90. The summed E-state index contributed by atoms with van der Waals surface area (Å²) in [5.74, 6) is 0. The summed E-state index contributed by atoms with van der Waals surface area (Å²) in [6.45, 7) is 2.95. The lowest BCUT2D eigenvalue weighted by atomic mass is 10.2. The number of nitrogens with two attached hydrogens (primary N) is 1. The van der Waals surface area contributed by atoms with E-state index in [0.29, 0.717) is 6.04 Å². The zero-order chi connectivity index (χ0) is 9.80. The van der Waals surface area contributed by atoms with Crippen LogP contribution in [0.4, 0.5) is 0 Å². The van der Waals surface area contributed by atoms with Gasteiger partial charge in [-0.15, -0.1) is 0 Å². The smallest absolute Gasteiger partial charge is 0.0312 e. The molecule has 0 bridgehead atoms. The second kappa shape index (κ2) is 4.53. The summed E-state index contributed by atoms with van der Waals surface area (Å²) < 4.78 is 0. The fourth-order valence-corrected chi connectivity index (χ4v) is 2.10. The maximum Gasteiger partial charge on any atom is 0.0312 e. The lowest BCUT2D eigenvalue weighted by Gasteiger charge is -2.22. The molecule has 2 heterocycles. The normalized spacial score (nSPS) is 22.8. The van der Waals surface area contributed by atoms with Crippen LogP contribution < -0.4 is 5.73 Å². The van der Waals surface area contributed by atoms with Crippen LogP contribution in [-0.2, 0) is 6.54 Å². The number of hydrogen-bond acceptors (Lipinski definition) is 3. The Morgan fingerprint density at radius 3 is 3.21 bits per heavy atom. The maximum atomic E-state index is 5.72. The van der Waals surface area contributed by atoms with Gasteiger partial charge in [-0.2, -0.15) is 0 Å². The number of pyridine rings is 1. The van der Waals surface area contributed by atoms with E-state index in [2.05, 4.69) is 16.0 Å². The lowest BCUT2D eigenvalue weighted by molar-refractivity contribution is 0.250. The van der Waals surface area contributed by atoms with Crippen LogP contribution in [0.3, 0.4) is 0 Å². The minimum Gasteiger partial charge on any atom is -0.329 e. The van der Waals surface area contributed by atoms with Gasteiger partial charge in [0.25, 0.3) is 0 Å².